The maximum atomic E-state index is 12.2. The van der Waals surface area contributed by atoms with Crippen molar-refractivity contribution in [3.05, 3.63) is 46.8 Å². The zero-order chi connectivity index (χ0) is 15.1. The fraction of sp³-hybridized carbons (Fsp3) is 0.278. The number of hydrogen-bond donors (Lipinski definition) is 1. The van der Waals surface area contributed by atoms with Crippen LogP contribution < -0.4 is 10.4 Å². The van der Waals surface area contributed by atoms with E-state index in [1.807, 2.05) is 12.1 Å². The molecule has 0 amide bonds. The molecule has 1 aliphatic rings. The van der Waals surface area contributed by atoms with Crippen LogP contribution in [0.15, 0.2) is 45.6 Å². The minimum Gasteiger partial charge on any atom is -0.508 e. The second kappa shape index (κ2) is 5.05. The van der Waals surface area contributed by atoms with E-state index in [4.69, 9.17) is 9.15 Å². The number of rotatable bonds is 2. The highest BCUT2D eigenvalue weighted by Crippen LogP contribution is 2.30. The molecule has 1 heterocycles. The summed E-state index contributed by atoms with van der Waals surface area (Å²) in [5.41, 5.74) is -0.0214. The topological polar surface area (TPSA) is 59.7 Å². The molecule has 2 aromatic carbocycles. The van der Waals surface area contributed by atoms with Gasteiger partial charge in [-0.3, -0.25) is 0 Å². The van der Waals surface area contributed by atoms with Crippen LogP contribution in [0.4, 0.5) is 0 Å². The van der Waals surface area contributed by atoms with Crippen molar-refractivity contribution < 1.29 is 14.3 Å². The molecule has 112 valence electrons. The van der Waals surface area contributed by atoms with Crippen molar-refractivity contribution in [1.29, 1.82) is 0 Å². The van der Waals surface area contributed by atoms with Gasteiger partial charge in [-0.25, -0.2) is 4.79 Å². The van der Waals surface area contributed by atoms with Gasteiger partial charge in [0, 0.05) is 16.8 Å². The summed E-state index contributed by atoms with van der Waals surface area (Å²) >= 11 is 0. The van der Waals surface area contributed by atoms with Crippen molar-refractivity contribution in [2.45, 2.75) is 31.8 Å². The lowest BCUT2D eigenvalue weighted by Crippen LogP contribution is -2.11. The fourth-order valence-electron chi connectivity index (χ4n) is 3.17. The predicted molar refractivity (Wildman–Crippen MR) is 84.5 cm³/mol. The monoisotopic (exact) mass is 296 g/mol. The lowest BCUT2D eigenvalue weighted by molar-refractivity contribution is 0.210. The van der Waals surface area contributed by atoms with Gasteiger partial charge >= 0.3 is 5.63 Å². The third-order valence-corrected chi connectivity index (χ3v) is 4.27. The van der Waals surface area contributed by atoms with Crippen molar-refractivity contribution in [2.24, 2.45) is 0 Å². The summed E-state index contributed by atoms with van der Waals surface area (Å²) in [6.07, 6.45) is 4.80. The molecule has 4 heteroatoms. The van der Waals surface area contributed by atoms with E-state index in [0.29, 0.717) is 16.7 Å². The van der Waals surface area contributed by atoms with Gasteiger partial charge in [0.05, 0.1) is 11.5 Å². The minimum atomic E-state index is -0.412. The van der Waals surface area contributed by atoms with Crippen LogP contribution in [0.5, 0.6) is 11.5 Å². The standard InChI is InChI=1S/C18H16O4/c19-11-5-7-15-14-8-6-13(21-12-3-1-2-4-12)10-16(14)18(20)22-17(15)9-11/h5-10,12,19H,1-4H2. The van der Waals surface area contributed by atoms with Crippen LogP contribution >= 0.6 is 0 Å². The first-order valence-electron chi connectivity index (χ1n) is 7.57. The molecule has 1 aliphatic carbocycles. The Kier molecular flexibility index (Phi) is 3.03. The van der Waals surface area contributed by atoms with Crippen molar-refractivity contribution in [3.63, 3.8) is 0 Å². The van der Waals surface area contributed by atoms with Crippen LogP contribution in [-0.2, 0) is 0 Å². The first-order chi connectivity index (χ1) is 10.7. The van der Waals surface area contributed by atoms with Crippen molar-refractivity contribution in [2.75, 3.05) is 0 Å². The average molecular weight is 296 g/mol. The average Bonchev–Trinajstić information content (AvgIpc) is 3.00. The number of fused-ring (bicyclic) bond motifs is 3. The van der Waals surface area contributed by atoms with E-state index in [1.54, 1.807) is 18.2 Å². The molecule has 1 saturated carbocycles. The molecule has 0 atom stereocenters. The van der Waals surface area contributed by atoms with E-state index in [9.17, 15) is 9.90 Å². The minimum absolute atomic E-state index is 0.0798. The Hall–Kier alpha value is -2.49. The zero-order valence-electron chi connectivity index (χ0n) is 12.0. The molecule has 1 N–H and O–H groups in total. The molecule has 0 saturated heterocycles. The molecule has 4 nitrogen and oxygen atoms in total. The van der Waals surface area contributed by atoms with E-state index < -0.39 is 5.63 Å². The third-order valence-electron chi connectivity index (χ3n) is 4.27. The molecule has 0 radical (unpaired) electrons. The van der Waals surface area contributed by atoms with Crippen LogP contribution in [-0.4, -0.2) is 11.2 Å². The van der Waals surface area contributed by atoms with Crippen molar-refractivity contribution in [1.82, 2.24) is 0 Å². The van der Waals surface area contributed by atoms with E-state index in [1.165, 1.54) is 18.9 Å². The molecule has 4 rings (SSSR count). The Balaban J connectivity index is 1.85. The molecule has 0 bridgehead atoms. The van der Waals surface area contributed by atoms with E-state index in [2.05, 4.69) is 0 Å². The number of phenols is 1. The number of benzene rings is 2. The number of phenolic OH excluding ortho intramolecular Hbond substituents is 1. The summed E-state index contributed by atoms with van der Waals surface area (Å²) in [7, 11) is 0. The molecule has 22 heavy (non-hydrogen) atoms. The normalized spacial score (nSPS) is 15.6. The van der Waals surface area contributed by atoms with Crippen molar-refractivity contribution >= 4 is 21.7 Å². The van der Waals surface area contributed by atoms with Gasteiger partial charge in [-0.15, -0.1) is 0 Å². The maximum absolute atomic E-state index is 12.2. The third kappa shape index (κ3) is 2.21. The van der Waals surface area contributed by atoms with Crippen LogP contribution in [0.3, 0.4) is 0 Å². The second-order valence-electron chi connectivity index (χ2n) is 5.80. The summed E-state index contributed by atoms with van der Waals surface area (Å²) in [6.45, 7) is 0. The SMILES string of the molecule is O=c1oc2cc(O)ccc2c2ccc(OC3CCCC3)cc12. The van der Waals surface area contributed by atoms with Gasteiger partial charge in [-0.2, -0.15) is 0 Å². The van der Waals surface area contributed by atoms with Crippen LogP contribution in [0.2, 0.25) is 0 Å². The number of ether oxygens (including phenoxy) is 1. The van der Waals surface area contributed by atoms with Gasteiger partial charge < -0.3 is 14.3 Å². The molecule has 3 aromatic rings. The highest BCUT2D eigenvalue weighted by Gasteiger charge is 2.17. The van der Waals surface area contributed by atoms with Crippen LogP contribution in [0.25, 0.3) is 21.7 Å². The van der Waals surface area contributed by atoms with Crippen LogP contribution in [0, 0.1) is 0 Å². The van der Waals surface area contributed by atoms with Crippen molar-refractivity contribution in [3.8, 4) is 11.5 Å². The van der Waals surface area contributed by atoms with Gasteiger partial charge in [0.2, 0.25) is 0 Å². The molecule has 0 aliphatic heterocycles. The lowest BCUT2D eigenvalue weighted by atomic mass is 10.1. The largest absolute Gasteiger partial charge is 0.508 e. The number of hydrogen-bond acceptors (Lipinski definition) is 4. The summed E-state index contributed by atoms with van der Waals surface area (Å²) in [5.74, 6) is 0.793. The van der Waals surface area contributed by atoms with E-state index >= 15 is 0 Å². The summed E-state index contributed by atoms with van der Waals surface area (Å²) in [4.78, 5) is 12.2. The Morgan fingerprint density at radius 2 is 1.77 bits per heavy atom. The Morgan fingerprint density at radius 1 is 1.00 bits per heavy atom. The Labute approximate surface area is 126 Å². The predicted octanol–water partition coefficient (Wildman–Crippen LogP) is 3.97. The highest BCUT2D eigenvalue weighted by molar-refractivity contribution is 6.04. The van der Waals surface area contributed by atoms with Gasteiger partial charge in [-0.05, 0) is 56.0 Å². The first kappa shape index (κ1) is 13.2. The van der Waals surface area contributed by atoms with Gasteiger partial charge in [0.1, 0.15) is 17.1 Å². The van der Waals surface area contributed by atoms with E-state index in [0.717, 1.165) is 23.6 Å². The quantitative estimate of drug-likeness (QED) is 0.574. The molecular weight excluding hydrogens is 280 g/mol. The summed E-state index contributed by atoms with van der Waals surface area (Å²) in [6, 6.07) is 10.3. The van der Waals surface area contributed by atoms with Crippen LogP contribution in [0.1, 0.15) is 25.7 Å². The first-order valence-corrected chi connectivity index (χ1v) is 7.57. The molecule has 0 spiro atoms. The van der Waals surface area contributed by atoms with Gasteiger partial charge in [0.25, 0.3) is 0 Å². The fourth-order valence-corrected chi connectivity index (χ4v) is 3.17. The Morgan fingerprint density at radius 3 is 2.59 bits per heavy atom. The molecule has 1 aromatic heterocycles. The molecule has 1 fully saturated rings. The molecule has 0 unspecified atom stereocenters. The van der Waals surface area contributed by atoms with Gasteiger partial charge in [0.15, 0.2) is 0 Å². The van der Waals surface area contributed by atoms with E-state index in [-0.39, 0.29) is 11.9 Å². The Bertz CT molecular complexity index is 904. The second-order valence-corrected chi connectivity index (χ2v) is 5.80. The zero-order valence-corrected chi connectivity index (χ0v) is 12.0. The maximum Gasteiger partial charge on any atom is 0.344 e. The number of aromatic hydroxyl groups is 1. The molecular formula is C18H16O4. The summed E-state index contributed by atoms with van der Waals surface area (Å²) in [5, 5.41) is 11.6. The van der Waals surface area contributed by atoms with Gasteiger partial charge in [-0.1, -0.05) is 0 Å². The highest BCUT2D eigenvalue weighted by atomic mass is 16.5. The lowest BCUT2D eigenvalue weighted by Gasteiger charge is -2.13. The smallest absolute Gasteiger partial charge is 0.344 e. The summed E-state index contributed by atoms with van der Waals surface area (Å²) < 4.78 is 11.3.